The second kappa shape index (κ2) is 4.33. The van der Waals surface area contributed by atoms with E-state index in [9.17, 15) is 4.79 Å². The van der Waals surface area contributed by atoms with Crippen LogP contribution in [0.3, 0.4) is 0 Å². The number of hydrogen-bond donors (Lipinski definition) is 1. The molecule has 4 heteroatoms. The van der Waals surface area contributed by atoms with Crippen LogP contribution in [-0.2, 0) is 9.53 Å². The van der Waals surface area contributed by atoms with Crippen molar-refractivity contribution < 1.29 is 9.53 Å². The Morgan fingerprint density at radius 3 is 2.67 bits per heavy atom. The third-order valence-electron chi connectivity index (χ3n) is 2.56. The van der Waals surface area contributed by atoms with Crippen LogP contribution >= 0.6 is 0 Å². The van der Waals surface area contributed by atoms with Crippen molar-refractivity contribution >= 4 is 17.9 Å². The lowest BCUT2D eigenvalue weighted by Crippen LogP contribution is -2.04. The summed E-state index contributed by atoms with van der Waals surface area (Å²) < 4.78 is 5.14. The number of nitrogens with one attached hydrogen (secondary N) is 1. The Morgan fingerprint density at radius 2 is 1.94 bits per heavy atom. The summed E-state index contributed by atoms with van der Waals surface area (Å²) in [5, 5.41) is 0. The lowest BCUT2D eigenvalue weighted by Gasteiger charge is -1.97. The first kappa shape index (κ1) is 10.5. The van der Waals surface area contributed by atoms with E-state index in [0.717, 1.165) is 11.3 Å². The van der Waals surface area contributed by atoms with E-state index in [-0.39, 0.29) is 0 Å². The lowest BCUT2D eigenvalue weighted by atomic mass is 10.2. The predicted molar refractivity (Wildman–Crippen MR) is 67.8 cm³/mol. The molecular weight excluding hydrogens is 228 g/mol. The van der Waals surface area contributed by atoms with Gasteiger partial charge in [0, 0.05) is 17.5 Å². The number of H-pyrrole nitrogens is 1. The number of benzene rings is 1. The number of nitrogens with zero attached hydrogens (tertiary/aromatic N) is 1. The first-order chi connectivity index (χ1) is 8.83. The molecule has 0 radical (unpaired) electrons. The maximum atomic E-state index is 11.7. The normalized spacial score (nSPS) is 16.8. The topological polar surface area (TPSA) is 54.4 Å². The van der Waals surface area contributed by atoms with Gasteiger partial charge in [0.05, 0.1) is 0 Å². The van der Waals surface area contributed by atoms with Gasteiger partial charge in [-0.25, -0.2) is 9.79 Å². The zero-order valence-electron chi connectivity index (χ0n) is 9.46. The van der Waals surface area contributed by atoms with E-state index in [2.05, 4.69) is 9.98 Å². The molecule has 0 amide bonds. The summed E-state index contributed by atoms with van der Waals surface area (Å²) >= 11 is 0. The average Bonchev–Trinajstić information content (AvgIpc) is 3.02. The van der Waals surface area contributed by atoms with Crippen molar-refractivity contribution in [2.75, 3.05) is 0 Å². The first-order valence-electron chi connectivity index (χ1n) is 5.54. The molecule has 3 rings (SSSR count). The maximum Gasteiger partial charge on any atom is 0.363 e. The van der Waals surface area contributed by atoms with E-state index in [4.69, 9.17) is 4.74 Å². The van der Waals surface area contributed by atoms with Crippen molar-refractivity contribution in [3.05, 3.63) is 65.6 Å². The highest BCUT2D eigenvalue weighted by Gasteiger charge is 2.23. The fourth-order valence-electron chi connectivity index (χ4n) is 1.69. The minimum Gasteiger partial charge on any atom is -0.402 e. The Morgan fingerprint density at radius 1 is 1.11 bits per heavy atom. The molecule has 1 N–H and O–H groups in total. The number of carbonyl (C=O) groups excluding carboxylic acids is 1. The number of cyclic esters (lactones) is 1. The Kier molecular flexibility index (Phi) is 2.53. The number of aliphatic imine (C=N–C) groups is 1. The molecule has 0 bridgehead atoms. The summed E-state index contributed by atoms with van der Waals surface area (Å²) in [6.07, 6.45) is 3.45. The summed E-state index contributed by atoms with van der Waals surface area (Å²) in [7, 11) is 0. The monoisotopic (exact) mass is 238 g/mol. The third-order valence-corrected chi connectivity index (χ3v) is 2.56. The molecule has 1 aliphatic heterocycles. The number of aromatic amines is 1. The van der Waals surface area contributed by atoms with E-state index in [1.165, 1.54) is 0 Å². The van der Waals surface area contributed by atoms with E-state index in [1.807, 2.05) is 42.5 Å². The van der Waals surface area contributed by atoms with Gasteiger partial charge in [0.1, 0.15) is 0 Å². The minimum absolute atomic E-state index is 0.302. The quantitative estimate of drug-likeness (QED) is 0.645. The molecule has 0 saturated carbocycles. The highest BCUT2D eigenvalue weighted by atomic mass is 16.6. The van der Waals surface area contributed by atoms with Crippen LogP contribution in [-0.4, -0.2) is 16.9 Å². The molecule has 4 nitrogen and oxygen atoms in total. The van der Waals surface area contributed by atoms with Crippen molar-refractivity contribution in [1.29, 1.82) is 0 Å². The molecule has 2 heterocycles. The fourth-order valence-corrected chi connectivity index (χ4v) is 1.69. The Balaban J connectivity index is 1.95. The van der Waals surface area contributed by atoms with Gasteiger partial charge in [-0.05, 0) is 30.3 Å². The second-order valence-corrected chi connectivity index (χ2v) is 3.83. The SMILES string of the molecule is O=C1OC(c2ccccc2)=N/C1=C/c1ccc[nH]1. The van der Waals surface area contributed by atoms with Crippen molar-refractivity contribution in [2.45, 2.75) is 0 Å². The molecular formula is C14H10N2O2. The second-order valence-electron chi connectivity index (χ2n) is 3.83. The van der Waals surface area contributed by atoms with Crippen molar-refractivity contribution in [2.24, 2.45) is 4.99 Å². The van der Waals surface area contributed by atoms with Crippen LogP contribution in [0.25, 0.3) is 6.08 Å². The summed E-state index contributed by atoms with van der Waals surface area (Å²) in [6.45, 7) is 0. The molecule has 0 saturated heterocycles. The Hall–Kier alpha value is -2.62. The first-order valence-corrected chi connectivity index (χ1v) is 5.54. The summed E-state index contributed by atoms with van der Waals surface area (Å²) in [5.41, 5.74) is 1.91. The largest absolute Gasteiger partial charge is 0.402 e. The standard InChI is InChI=1S/C14H10N2O2/c17-14-12(9-11-7-4-8-15-11)16-13(18-14)10-5-2-1-3-6-10/h1-9,15H/b12-9+. The van der Waals surface area contributed by atoms with E-state index >= 15 is 0 Å². The van der Waals surface area contributed by atoms with Gasteiger partial charge < -0.3 is 9.72 Å². The van der Waals surface area contributed by atoms with Crippen LogP contribution in [0.15, 0.2) is 59.4 Å². The van der Waals surface area contributed by atoms with Gasteiger partial charge in [0.15, 0.2) is 5.70 Å². The molecule has 1 aliphatic rings. The van der Waals surface area contributed by atoms with E-state index in [1.54, 1.807) is 12.3 Å². The molecule has 1 aromatic heterocycles. The fraction of sp³-hybridized carbons (Fsp3) is 0. The predicted octanol–water partition coefficient (Wildman–Crippen LogP) is 2.36. The molecule has 0 unspecified atom stereocenters. The van der Waals surface area contributed by atoms with Crippen LogP contribution in [0.1, 0.15) is 11.3 Å². The molecule has 0 aliphatic carbocycles. The van der Waals surface area contributed by atoms with Gasteiger partial charge in [-0.2, -0.15) is 0 Å². The van der Waals surface area contributed by atoms with Gasteiger partial charge in [-0.1, -0.05) is 18.2 Å². The summed E-state index contributed by atoms with van der Waals surface area (Å²) in [4.78, 5) is 18.9. The van der Waals surface area contributed by atoms with Crippen molar-refractivity contribution in [3.8, 4) is 0 Å². The number of aromatic nitrogens is 1. The van der Waals surface area contributed by atoms with E-state index < -0.39 is 5.97 Å². The Bertz CT molecular complexity index is 625. The molecule has 18 heavy (non-hydrogen) atoms. The summed E-state index contributed by atoms with van der Waals surface area (Å²) in [6, 6.07) is 13.1. The molecule has 88 valence electrons. The highest BCUT2D eigenvalue weighted by Crippen LogP contribution is 2.18. The number of hydrogen-bond acceptors (Lipinski definition) is 3. The zero-order valence-corrected chi connectivity index (χ0v) is 9.46. The van der Waals surface area contributed by atoms with Crippen LogP contribution < -0.4 is 0 Å². The van der Waals surface area contributed by atoms with Gasteiger partial charge in [0.25, 0.3) is 0 Å². The van der Waals surface area contributed by atoms with Crippen LogP contribution in [0.5, 0.6) is 0 Å². The molecule has 1 aromatic carbocycles. The average molecular weight is 238 g/mol. The minimum atomic E-state index is -0.427. The lowest BCUT2D eigenvalue weighted by molar-refractivity contribution is -0.129. The van der Waals surface area contributed by atoms with Crippen molar-refractivity contribution in [3.63, 3.8) is 0 Å². The molecule has 0 atom stereocenters. The van der Waals surface area contributed by atoms with Crippen LogP contribution in [0, 0.1) is 0 Å². The zero-order chi connectivity index (χ0) is 12.4. The molecule has 0 spiro atoms. The van der Waals surface area contributed by atoms with Crippen LogP contribution in [0.4, 0.5) is 0 Å². The highest BCUT2D eigenvalue weighted by molar-refractivity contribution is 6.12. The third kappa shape index (κ3) is 1.96. The number of rotatable bonds is 2. The summed E-state index contributed by atoms with van der Waals surface area (Å²) in [5.74, 6) is -0.0816. The van der Waals surface area contributed by atoms with Gasteiger partial charge in [-0.3, -0.25) is 0 Å². The molecule has 2 aromatic rings. The number of carbonyl (C=O) groups is 1. The van der Waals surface area contributed by atoms with Gasteiger partial charge in [0.2, 0.25) is 5.90 Å². The van der Waals surface area contributed by atoms with Crippen molar-refractivity contribution in [1.82, 2.24) is 4.98 Å². The van der Waals surface area contributed by atoms with Crippen LogP contribution in [0.2, 0.25) is 0 Å². The Labute approximate surface area is 104 Å². The smallest absolute Gasteiger partial charge is 0.363 e. The molecule has 0 fully saturated rings. The maximum absolute atomic E-state index is 11.7. The van der Waals surface area contributed by atoms with Gasteiger partial charge >= 0.3 is 5.97 Å². The number of esters is 1. The number of ether oxygens (including phenoxy) is 1. The van der Waals surface area contributed by atoms with E-state index in [0.29, 0.717) is 11.6 Å². The van der Waals surface area contributed by atoms with Gasteiger partial charge in [-0.15, -0.1) is 0 Å².